The van der Waals surface area contributed by atoms with E-state index < -0.39 is 23.8 Å². The minimum Gasteiger partial charge on any atom is -0.345 e. The van der Waals surface area contributed by atoms with Gasteiger partial charge in [-0.1, -0.05) is 18.2 Å². The van der Waals surface area contributed by atoms with Crippen LogP contribution in [0.3, 0.4) is 0 Å². The average Bonchev–Trinajstić information content (AvgIpc) is 3.12. The summed E-state index contributed by atoms with van der Waals surface area (Å²) in [6, 6.07) is 13.4. The number of nitriles is 1. The number of rotatable bonds is 2. The van der Waals surface area contributed by atoms with Crippen molar-refractivity contribution in [1.82, 2.24) is 15.1 Å². The summed E-state index contributed by atoms with van der Waals surface area (Å²) < 4.78 is 40.3. The topological polar surface area (TPSA) is 82.7 Å². The highest BCUT2D eigenvalue weighted by Gasteiger charge is 2.32. The molecule has 0 aliphatic carbocycles. The largest absolute Gasteiger partial charge is 0.416 e. The lowest BCUT2D eigenvalue weighted by atomic mass is 10.1. The summed E-state index contributed by atoms with van der Waals surface area (Å²) in [7, 11) is 0. The fourth-order valence-corrected chi connectivity index (χ4v) is 3.00. The van der Waals surface area contributed by atoms with Crippen molar-refractivity contribution in [3.05, 3.63) is 77.0 Å². The van der Waals surface area contributed by atoms with Gasteiger partial charge in [0.25, 0.3) is 5.91 Å². The molecule has 1 atom stereocenters. The lowest BCUT2D eigenvalue weighted by Crippen LogP contribution is -2.38. The number of hydrogen-bond acceptors (Lipinski definition) is 4. The van der Waals surface area contributed by atoms with Crippen molar-refractivity contribution >= 4 is 11.7 Å². The molecule has 0 fully saturated rings. The molecule has 1 amide bonds. The molecule has 2 aromatic carbocycles. The number of halogens is 3. The molecule has 2 heterocycles. The standard InChI is InChI=1S/C19H12F3N5O/c20-19(21,22)13-5-2-6-14(8-13)27-17-15(10-24-27)18(28)26-16(25-17)12-4-1-3-11(7-12)9-23/h1-8,10,16,25H,(H,26,28). The number of alkyl halides is 3. The first kappa shape index (κ1) is 17.6. The Morgan fingerprint density at radius 2 is 1.89 bits per heavy atom. The molecule has 1 aromatic heterocycles. The second-order valence-corrected chi connectivity index (χ2v) is 6.15. The zero-order chi connectivity index (χ0) is 19.9. The third-order valence-corrected chi connectivity index (χ3v) is 4.34. The zero-order valence-corrected chi connectivity index (χ0v) is 14.2. The summed E-state index contributed by atoms with van der Waals surface area (Å²) in [6.45, 7) is 0. The second kappa shape index (κ2) is 6.42. The van der Waals surface area contributed by atoms with Gasteiger partial charge < -0.3 is 10.6 Å². The Morgan fingerprint density at radius 3 is 2.64 bits per heavy atom. The Bertz CT molecular complexity index is 1110. The molecular formula is C19H12F3N5O. The van der Waals surface area contributed by atoms with Crippen LogP contribution < -0.4 is 10.6 Å². The number of anilines is 1. The maximum atomic E-state index is 13.0. The molecule has 3 aromatic rings. The Hall–Kier alpha value is -3.80. The van der Waals surface area contributed by atoms with Crippen LogP contribution in [0.2, 0.25) is 0 Å². The van der Waals surface area contributed by atoms with Gasteiger partial charge >= 0.3 is 6.18 Å². The molecule has 4 rings (SSSR count). The predicted octanol–water partition coefficient (Wildman–Crippen LogP) is 3.62. The van der Waals surface area contributed by atoms with E-state index in [1.165, 1.54) is 23.0 Å². The van der Waals surface area contributed by atoms with Crippen molar-refractivity contribution in [3.63, 3.8) is 0 Å². The smallest absolute Gasteiger partial charge is 0.345 e. The van der Waals surface area contributed by atoms with E-state index in [0.717, 1.165) is 12.1 Å². The molecule has 28 heavy (non-hydrogen) atoms. The Kier molecular flexibility index (Phi) is 4.04. The van der Waals surface area contributed by atoms with Crippen LogP contribution >= 0.6 is 0 Å². The van der Waals surface area contributed by atoms with Crippen molar-refractivity contribution in [2.45, 2.75) is 12.3 Å². The summed E-state index contributed by atoms with van der Waals surface area (Å²) in [6.07, 6.45) is -3.86. The number of fused-ring (bicyclic) bond motifs is 1. The van der Waals surface area contributed by atoms with Crippen LogP contribution in [0.25, 0.3) is 5.69 Å². The molecule has 0 radical (unpaired) electrons. The summed E-state index contributed by atoms with van der Waals surface area (Å²) in [5.74, 6) is -0.144. The number of aromatic nitrogens is 2. The van der Waals surface area contributed by atoms with Crippen LogP contribution in [0.5, 0.6) is 0 Å². The lowest BCUT2D eigenvalue weighted by molar-refractivity contribution is -0.137. The SMILES string of the molecule is N#Cc1cccc(C2NC(=O)c3cnn(-c4cccc(C(F)(F)F)c4)c3N2)c1. The molecular weight excluding hydrogens is 371 g/mol. The maximum Gasteiger partial charge on any atom is 0.416 e. The van der Waals surface area contributed by atoms with Gasteiger partial charge in [-0.25, -0.2) is 4.68 Å². The van der Waals surface area contributed by atoms with Gasteiger partial charge in [0.05, 0.1) is 29.1 Å². The quantitative estimate of drug-likeness (QED) is 0.708. The number of hydrogen-bond donors (Lipinski definition) is 2. The van der Waals surface area contributed by atoms with Gasteiger partial charge in [-0.2, -0.15) is 23.5 Å². The van der Waals surface area contributed by atoms with E-state index in [9.17, 15) is 18.0 Å². The van der Waals surface area contributed by atoms with Crippen molar-refractivity contribution in [2.75, 3.05) is 5.32 Å². The van der Waals surface area contributed by atoms with E-state index in [4.69, 9.17) is 5.26 Å². The molecule has 1 unspecified atom stereocenters. The van der Waals surface area contributed by atoms with Crippen molar-refractivity contribution < 1.29 is 18.0 Å². The molecule has 140 valence electrons. The maximum absolute atomic E-state index is 13.0. The summed E-state index contributed by atoms with van der Waals surface area (Å²) in [5, 5.41) is 19.0. The van der Waals surface area contributed by atoms with Crippen LogP contribution in [0, 0.1) is 11.3 Å². The van der Waals surface area contributed by atoms with Gasteiger partial charge in [0.2, 0.25) is 0 Å². The monoisotopic (exact) mass is 383 g/mol. The zero-order valence-electron chi connectivity index (χ0n) is 14.2. The van der Waals surface area contributed by atoms with Crippen LogP contribution in [0.15, 0.2) is 54.7 Å². The van der Waals surface area contributed by atoms with Crippen LogP contribution in [0.4, 0.5) is 19.0 Å². The molecule has 2 N–H and O–H groups in total. The second-order valence-electron chi connectivity index (χ2n) is 6.15. The molecule has 6 nitrogen and oxygen atoms in total. The molecule has 1 aliphatic rings. The van der Waals surface area contributed by atoms with E-state index in [1.54, 1.807) is 24.3 Å². The Morgan fingerprint density at radius 1 is 1.11 bits per heavy atom. The van der Waals surface area contributed by atoms with E-state index in [2.05, 4.69) is 15.7 Å². The third kappa shape index (κ3) is 3.05. The van der Waals surface area contributed by atoms with Gasteiger partial charge in [-0.05, 0) is 35.9 Å². The van der Waals surface area contributed by atoms with E-state index >= 15 is 0 Å². The number of carbonyl (C=O) groups excluding carboxylic acids is 1. The van der Waals surface area contributed by atoms with Gasteiger partial charge in [0.15, 0.2) is 0 Å². The van der Waals surface area contributed by atoms with Crippen LogP contribution in [0.1, 0.15) is 33.2 Å². The molecule has 9 heteroatoms. The number of nitrogens with one attached hydrogen (secondary N) is 2. The highest BCUT2D eigenvalue weighted by molar-refractivity contribution is 6.01. The lowest BCUT2D eigenvalue weighted by Gasteiger charge is -2.27. The molecule has 0 spiro atoms. The number of benzene rings is 2. The first-order valence-electron chi connectivity index (χ1n) is 8.20. The first-order valence-corrected chi connectivity index (χ1v) is 8.20. The normalized spacial score (nSPS) is 15.9. The van der Waals surface area contributed by atoms with Crippen molar-refractivity contribution in [1.29, 1.82) is 5.26 Å². The van der Waals surface area contributed by atoms with Gasteiger partial charge in [0.1, 0.15) is 17.5 Å². The third-order valence-electron chi connectivity index (χ3n) is 4.34. The highest BCUT2D eigenvalue weighted by atomic mass is 19.4. The van der Waals surface area contributed by atoms with Gasteiger partial charge in [-0.15, -0.1) is 0 Å². The van der Waals surface area contributed by atoms with E-state index in [0.29, 0.717) is 11.1 Å². The summed E-state index contributed by atoms with van der Waals surface area (Å²) >= 11 is 0. The molecule has 0 saturated heterocycles. The van der Waals surface area contributed by atoms with Gasteiger partial charge in [0, 0.05) is 0 Å². The Balaban J connectivity index is 1.75. The highest BCUT2D eigenvalue weighted by Crippen LogP contribution is 2.33. The van der Waals surface area contributed by atoms with Crippen LogP contribution in [-0.4, -0.2) is 15.7 Å². The van der Waals surface area contributed by atoms with Crippen LogP contribution in [-0.2, 0) is 6.18 Å². The van der Waals surface area contributed by atoms with E-state index in [1.807, 2.05) is 6.07 Å². The van der Waals surface area contributed by atoms with E-state index in [-0.39, 0.29) is 17.1 Å². The first-order chi connectivity index (χ1) is 13.4. The predicted molar refractivity (Wildman–Crippen MR) is 93.6 cm³/mol. The average molecular weight is 383 g/mol. The summed E-state index contributed by atoms with van der Waals surface area (Å²) in [5.41, 5.74) is 0.626. The molecule has 1 aliphatic heterocycles. The fourth-order valence-electron chi connectivity index (χ4n) is 3.00. The minimum absolute atomic E-state index is 0.169. The minimum atomic E-state index is -4.49. The number of carbonyl (C=O) groups is 1. The number of nitrogens with zero attached hydrogens (tertiary/aromatic N) is 3. The molecule has 0 saturated carbocycles. The molecule has 0 bridgehead atoms. The fraction of sp³-hybridized carbons (Fsp3) is 0.105. The van der Waals surface area contributed by atoms with Gasteiger partial charge in [-0.3, -0.25) is 4.79 Å². The Labute approximate surface area is 157 Å². The summed E-state index contributed by atoms with van der Waals surface area (Å²) in [4.78, 5) is 12.4. The van der Waals surface area contributed by atoms with Crippen molar-refractivity contribution in [3.8, 4) is 11.8 Å². The van der Waals surface area contributed by atoms with Crippen molar-refractivity contribution in [2.24, 2.45) is 0 Å². The number of amides is 1.